The number of aryl methyl sites for hydroxylation is 1. The number of hydrogen-bond acceptors (Lipinski definition) is 5. The van der Waals surface area contributed by atoms with Crippen molar-refractivity contribution in [2.45, 2.75) is 40.0 Å². The predicted octanol–water partition coefficient (Wildman–Crippen LogP) is 2.49. The maximum atomic E-state index is 12.0. The van der Waals surface area contributed by atoms with E-state index in [2.05, 4.69) is 23.5 Å². The molecule has 4 N–H and O–H groups in total. The van der Waals surface area contributed by atoms with E-state index in [0.29, 0.717) is 35.5 Å². The van der Waals surface area contributed by atoms with Gasteiger partial charge in [0.05, 0.1) is 5.69 Å². The lowest BCUT2D eigenvalue weighted by atomic mass is 9.88. The molecule has 1 unspecified atom stereocenters. The molecule has 1 atom stereocenters. The molecule has 7 heteroatoms. The van der Waals surface area contributed by atoms with Gasteiger partial charge in [-0.2, -0.15) is 4.37 Å². The number of aromatic nitrogens is 1. The largest absolute Gasteiger partial charge is 0.478 e. The summed E-state index contributed by atoms with van der Waals surface area (Å²) in [6.45, 7) is 6.47. The van der Waals surface area contributed by atoms with Crippen molar-refractivity contribution < 1.29 is 14.7 Å². The van der Waals surface area contributed by atoms with Gasteiger partial charge in [-0.25, -0.2) is 4.79 Å². The lowest BCUT2D eigenvalue weighted by Crippen LogP contribution is -2.18. The Kier molecular flexibility index (Phi) is 6.77. The first-order chi connectivity index (χ1) is 9.86. The van der Waals surface area contributed by atoms with Gasteiger partial charge in [0.2, 0.25) is 5.91 Å². The summed E-state index contributed by atoms with van der Waals surface area (Å²) in [5.41, 5.74) is 6.08. The molecule has 0 saturated carbocycles. The molecule has 6 nitrogen and oxygen atoms in total. The molecule has 21 heavy (non-hydrogen) atoms. The number of nitrogens with zero attached hydrogens (tertiary/aromatic N) is 1. The number of amides is 1. The molecule has 1 heterocycles. The normalized spacial score (nSPS) is 12.4. The Balaban J connectivity index is 2.60. The van der Waals surface area contributed by atoms with Gasteiger partial charge in [0.25, 0.3) is 0 Å². The molecular weight excluding hydrogens is 290 g/mol. The number of aromatic carboxylic acids is 1. The monoisotopic (exact) mass is 313 g/mol. The van der Waals surface area contributed by atoms with E-state index in [1.54, 1.807) is 6.92 Å². The smallest absolute Gasteiger partial charge is 0.340 e. The van der Waals surface area contributed by atoms with Crippen molar-refractivity contribution in [2.75, 3.05) is 11.9 Å². The molecule has 1 aromatic rings. The molecule has 0 radical (unpaired) electrons. The van der Waals surface area contributed by atoms with Crippen LogP contribution in [0.2, 0.25) is 0 Å². The van der Waals surface area contributed by atoms with E-state index in [4.69, 9.17) is 10.8 Å². The maximum Gasteiger partial charge on any atom is 0.340 e. The van der Waals surface area contributed by atoms with Crippen LogP contribution in [0.15, 0.2) is 0 Å². The highest BCUT2D eigenvalue weighted by molar-refractivity contribution is 7.11. The minimum absolute atomic E-state index is 0.0794. The van der Waals surface area contributed by atoms with Gasteiger partial charge in [-0.05, 0) is 49.7 Å². The van der Waals surface area contributed by atoms with E-state index in [9.17, 15) is 9.59 Å². The number of carbonyl (C=O) groups is 2. The molecule has 1 amide bonds. The van der Waals surface area contributed by atoms with Gasteiger partial charge in [-0.3, -0.25) is 4.79 Å². The van der Waals surface area contributed by atoms with Crippen LogP contribution in [0, 0.1) is 18.8 Å². The number of carboxylic acids is 1. The average Bonchev–Trinajstić information content (AvgIpc) is 2.75. The minimum atomic E-state index is -1.07. The fraction of sp³-hybridized carbons (Fsp3) is 0.643. The van der Waals surface area contributed by atoms with E-state index < -0.39 is 5.97 Å². The number of nitrogens with one attached hydrogen (secondary N) is 1. The Morgan fingerprint density at radius 2 is 2.05 bits per heavy atom. The summed E-state index contributed by atoms with van der Waals surface area (Å²) in [4.78, 5) is 23.1. The van der Waals surface area contributed by atoms with Crippen LogP contribution in [0.25, 0.3) is 0 Å². The molecule has 0 saturated heterocycles. The van der Waals surface area contributed by atoms with Crippen molar-refractivity contribution in [3.05, 3.63) is 11.3 Å². The van der Waals surface area contributed by atoms with Crippen molar-refractivity contribution in [2.24, 2.45) is 17.6 Å². The van der Waals surface area contributed by atoms with Crippen LogP contribution in [-0.2, 0) is 4.79 Å². The van der Waals surface area contributed by atoms with E-state index in [1.165, 1.54) is 0 Å². The third-order valence-corrected chi connectivity index (χ3v) is 4.41. The summed E-state index contributed by atoms with van der Waals surface area (Å²) in [5.74, 6) is -0.368. The van der Waals surface area contributed by atoms with E-state index in [-0.39, 0.29) is 11.5 Å². The van der Waals surface area contributed by atoms with Crippen LogP contribution in [0.4, 0.5) is 5.00 Å². The van der Waals surface area contributed by atoms with Crippen molar-refractivity contribution in [3.63, 3.8) is 0 Å². The second kappa shape index (κ2) is 8.09. The summed E-state index contributed by atoms with van der Waals surface area (Å²) < 4.78 is 3.97. The van der Waals surface area contributed by atoms with Crippen molar-refractivity contribution in [1.82, 2.24) is 4.37 Å². The molecule has 1 rings (SSSR count). The van der Waals surface area contributed by atoms with Gasteiger partial charge in [0.1, 0.15) is 10.6 Å². The fourth-order valence-corrected chi connectivity index (χ4v) is 3.04. The van der Waals surface area contributed by atoms with Crippen molar-refractivity contribution in [1.29, 1.82) is 0 Å². The van der Waals surface area contributed by atoms with Crippen LogP contribution in [0.3, 0.4) is 0 Å². The zero-order valence-corrected chi connectivity index (χ0v) is 13.5. The summed E-state index contributed by atoms with van der Waals surface area (Å²) >= 11 is 1.00. The summed E-state index contributed by atoms with van der Waals surface area (Å²) in [6, 6.07) is 0. The zero-order valence-electron chi connectivity index (χ0n) is 12.7. The number of carboxylic acid groups (broad SMARTS) is 1. The summed E-state index contributed by atoms with van der Waals surface area (Å²) in [7, 11) is 0. The Bertz CT molecular complexity index is 500. The van der Waals surface area contributed by atoms with Gasteiger partial charge >= 0.3 is 5.97 Å². The van der Waals surface area contributed by atoms with Crippen LogP contribution in [0.1, 0.15) is 49.2 Å². The molecule has 0 aliphatic rings. The van der Waals surface area contributed by atoms with Gasteiger partial charge in [0.15, 0.2) is 0 Å². The van der Waals surface area contributed by atoms with Crippen molar-refractivity contribution in [3.8, 4) is 0 Å². The number of carbonyl (C=O) groups excluding carboxylic acids is 1. The molecular formula is C14H23N3O3S. The third kappa shape index (κ3) is 5.09. The first-order valence-corrected chi connectivity index (χ1v) is 7.83. The Morgan fingerprint density at radius 3 is 2.57 bits per heavy atom. The highest BCUT2D eigenvalue weighted by Crippen LogP contribution is 2.25. The number of anilines is 1. The topological polar surface area (TPSA) is 105 Å². The van der Waals surface area contributed by atoms with Gasteiger partial charge in [-0.15, -0.1) is 0 Å². The molecule has 1 aromatic heterocycles. The molecule has 0 bridgehead atoms. The third-order valence-electron chi connectivity index (χ3n) is 3.55. The first-order valence-electron chi connectivity index (χ1n) is 7.06. The standard InChI is InChI=1S/C14H23N3O3S/c1-8(2)10(6-7-15)4-5-11(18)16-13-12(14(19)20)9(3)17-21-13/h8,10H,4-7,15H2,1-3H3,(H,16,18)(H,19,20). The van der Waals surface area contributed by atoms with Gasteiger partial charge in [-0.1, -0.05) is 13.8 Å². The summed E-state index contributed by atoms with van der Waals surface area (Å²) in [6.07, 6.45) is 2.00. The first kappa shape index (κ1) is 17.6. The number of nitrogens with two attached hydrogens (primary N) is 1. The molecule has 118 valence electrons. The van der Waals surface area contributed by atoms with E-state index >= 15 is 0 Å². The second-order valence-electron chi connectivity index (χ2n) is 5.45. The number of rotatable bonds is 8. The van der Waals surface area contributed by atoms with Crippen molar-refractivity contribution >= 4 is 28.4 Å². The van der Waals surface area contributed by atoms with Crippen LogP contribution >= 0.6 is 11.5 Å². The van der Waals surface area contributed by atoms with Gasteiger partial charge in [0, 0.05) is 6.42 Å². The molecule has 0 aliphatic carbocycles. The Hall–Kier alpha value is -1.47. The summed E-state index contributed by atoms with van der Waals surface area (Å²) in [5, 5.41) is 12.1. The Labute approximate surface area is 128 Å². The average molecular weight is 313 g/mol. The fourth-order valence-electron chi connectivity index (χ4n) is 2.24. The highest BCUT2D eigenvalue weighted by atomic mass is 32.1. The highest BCUT2D eigenvalue weighted by Gasteiger charge is 2.20. The van der Waals surface area contributed by atoms with Crippen LogP contribution in [-0.4, -0.2) is 27.9 Å². The van der Waals surface area contributed by atoms with Gasteiger partial charge < -0.3 is 16.2 Å². The quantitative estimate of drug-likeness (QED) is 0.684. The van der Waals surface area contributed by atoms with E-state index in [1.807, 2.05) is 0 Å². The van der Waals surface area contributed by atoms with Crippen LogP contribution in [0.5, 0.6) is 0 Å². The lowest BCUT2D eigenvalue weighted by molar-refractivity contribution is -0.116. The maximum absolute atomic E-state index is 12.0. The SMILES string of the molecule is Cc1nsc(NC(=O)CCC(CCN)C(C)C)c1C(=O)O. The Morgan fingerprint density at radius 1 is 1.38 bits per heavy atom. The predicted molar refractivity (Wildman–Crippen MR) is 83.7 cm³/mol. The molecule has 0 aromatic carbocycles. The molecule has 0 fully saturated rings. The number of hydrogen-bond donors (Lipinski definition) is 3. The lowest BCUT2D eigenvalue weighted by Gasteiger charge is -2.19. The minimum Gasteiger partial charge on any atom is -0.478 e. The zero-order chi connectivity index (χ0) is 16.0. The van der Waals surface area contributed by atoms with Crippen LogP contribution < -0.4 is 11.1 Å². The second-order valence-corrected chi connectivity index (χ2v) is 6.22. The molecule has 0 aliphatic heterocycles. The molecule has 0 spiro atoms. The van der Waals surface area contributed by atoms with E-state index in [0.717, 1.165) is 24.4 Å².